The molecule has 14 aromatic heterocycles. The number of carbonyl (C=O) groups excluding carboxylic acids is 12. The third kappa shape index (κ3) is 51.7. The monoisotopic (exact) mass is 2130 g/mol. The van der Waals surface area contributed by atoms with Crippen molar-refractivity contribution in [3.63, 3.8) is 0 Å². The van der Waals surface area contributed by atoms with Crippen molar-refractivity contribution in [1.82, 2.24) is 99.9 Å². The Morgan fingerprint density at radius 3 is 1.22 bits per heavy atom. The van der Waals surface area contributed by atoms with Crippen LogP contribution in [-0.2, 0) is 101 Å². The number of hydrogen-bond donors (Lipinski definition) is 5. The Morgan fingerprint density at radius 1 is 0.483 bits per heavy atom. The van der Waals surface area contributed by atoms with Gasteiger partial charge in [-0.15, -0.1) is 0 Å². The molecule has 0 fully saturated rings. The first-order valence-electron chi connectivity index (χ1n) is 40.9. The number of nitrogens with one attached hydrogen (secondary N) is 2. The second-order valence-corrected chi connectivity index (χ2v) is 34.6. The number of nitrogens with zero attached hydrogens (tertiary/aromatic N) is 20. The van der Waals surface area contributed by atoms with E-state index in [1.54, 1.807) is 196 Å². The van der Waals surface area contributed by atoms with Crippen LogP contribution in [0.15, 0.2) is 263 Å². The van der Waals surface area contributed by atoms with Gasteiger partial charge in [-0.25, -0.2) is 48.0 Å². The van der Waals surface area contributed by atoms with E-state index in [9.17, 15) is 23.7 Å². The molecule has 10 N–H and O–H groups in total. The van der Waals surface area contributed by atoms with Crippen molar-refractivity contribution in [1.29, 1.82) is 5.26 Å². The molecule has 0 spiro atoms. The first-order chi connectivity index (χ1) is 67.1. The van der Waals surface area contributed by atoms with Gasteiger partial charge in [0.25, 0.3) is 5.91 Å². The molecule has 0 radical (unpaired) electrons. The summed E-state index contributed by atoms with van der Waals surface area (Å²) in [6, 6.07) is 37.0. The SMILES string of the molecule is C/C=C(\CC)C(=O)OCC.CCOC(=O)/C(=C\Nc1ccnn1Cc1ccncc1)CC.CCc1cnc2c(cnn2Cc2ccncc2)c1Cl.Clc1ccnc2c1cnn2Cc1ccncc1.N.N#CCCCN.Nc1ccnn1Cc1ccncc1.O=C(Nc1ccc(Cl)cc1)c1cnc2c(cnn2Cc2ccncc2)c1Cl.O=C=O.O=C=O.O=C=O.O=C=O.O=Cc1ccncc1.O=P(Cl)(Cl)Cl.[Ar].[Li+].[OH-]. The van der Waals surface area contributed by atoms with Crippen LogP contribution in [0.5, 0.6) is 0 Å². The summed E-state index contributed by atoms with van der Waals surface area (Å²) in [6.07, 6.45) is 43.2. The number of unbranched alkanes of at least 4 members (excludes halogenated alkanes) is 1. The summed E-state index contributed by atoms with van der Waals surface area (Å²) in [5, 5.41) is 36.7. The number of nitrogen functional groups attached to an aromatic ring is 1. The van der Waals surface area contributed by atoms with Gasteiger partial charge in [-0.3, -0.25) is 44.1 Å². The van der Waals surface area contributed by atoms with Crippen LogP contribution in [0.3, 0.4) is 0 Å². The second kappa shape index (κ2) is 78.2. The molecule has 0 unspecified atom stereocenters. The van der Waals surface area contributed by atoms with Gasteiger partial charge in [0.15, 0.2) is 16.9 Å². The number of amides is 1. The number of fused-ring (bicyclic) bond motifs is 3. The Labute approximate surface area is 897 Å². The summed E-state index contributed by atoms with van der Waals surface area (Å²) in [5.74, 6) is 0.660. The third-order valence-electron chi connectivity index (χ3n) is 17.3. The molecule has 0 saturated heterocycles. The van der Waals surface area contributed by atoms with Gasteiger partial charge in [-0.05, 0) is 229 Å². The van der Waals surface area contributed by atoms with Gasteiger partial charge >= 0.3 is 60.6 Å². The molecule has 0 aliphatic heterocycles. The molecule has 15 aromatic rings. The molecule has 143 heavy (non-hydrogen) atoms. The van der Waals surface area contributed by atoms with Crippen molar-refractivity contribution in [2.24, 2.45) is 5.73 Å². The number of allylic oxidation sites excluding steroid dienone is 1. The topological polar surface area (TPSA) is 610 Å². The number of carbonyl (C=O) groups is 4. The number of rotatable bonds is 24. The number of aldehydes is 1. The van der Waals surface area contributed by atoms with Gasteiger partial charge in [0.1, 0.15) is 17.9 Å². The summed E-state index contributed by atoms with van der Waals surface area (Å²) in [4.78, 5) is 147. The maximum absolute atomic E-state index is 12.6. The van der Waals surface area contributed by atoms with Crippen LogP contribution < -0.4 is 47.1 Å². The molecule has 15 rings (SSSR count). The minimum atomic E-state index is -3.22. The van der Waals surface area contributed by atoms with E-state index in [1.165, 1.54) is 6.20 Å². The molecule has 0 atom stereocenters. The molecule has 1 amide bonds. The van der Waals surface area contributed by atoms with Gasteiger partial charge in [-0.1, -0.05) is 73.3 Å². The number of ether oxygens (including phenoxy) is 2. The number of nitriles is 1. The number of anilines is 3. The molecule has 0 saturated carbocycles. The molecule has 1 aromatic carbocycles. The zero-order valence-corrected chi connectivity index (χ0v) is 84.7. The Morgan fingerprint density at radius 2 is 0.853 bits per heavy atom. The molecule has 51 heteroatoms. The summed E-state index contributed by atoms with van der Waals surface area (Å²) in [7, 11) is 0. The van der Waals surface area contributed by atoms with Gasteiger partial charge in [0, 0.05) is 171 Å². The molecule has 14 heterocycles. The van der Waals surface area contributed by atoms with Crippen molar-refractivity contribution < 1.29 is 134 Å². The smallest absolute Gasteiger partial charge is 0.870 e. The van der Waals surface area contributed by atoms with Crippen LogP contribution in [-0.4, -0.2) is 168 Å². The Bertz CT molecular complexity index is 6450. The van der Waals surface area contributed by atoms with Crippen LogP contribution in [0.2, 0.25) is 20.1 Å². The zero-order valence-electron chi connectivity index (χ0n) is 77.8. The summed E-state index contributed by atoms with van der Waals surface area (Å²) in [6.45, 7) is 16.0. The maximum Gasteiger partial charge on any atom is 1.00 e. The van der Waals surface area contributed by atoms with Gasteiger partial charge in [0.2, 0.25) is 0 Å². The largest absolute Gasteiger partial charge is 1.00 e. The Hall–Kier alpha value is -13.4. The van der Waals surface area contributed by atoms with Crippen molar-refractivity contribution in [3.05, 3.63) is 327 Å². The number of pyridine rings is 9. The fourth-order valence-electron chi connectivity index (χ4n) is 10.8. The minimum Gasteiger partial charge on any atom is -0.870 e. The number of nitrogens with two attached hydrogens (primary N) is 2. The van der Waals surface area contributed by atoms with E-state index < -0.39 is 5.20 Å². The van der Waals surface area contributed by atoms with Gasteiger partial charge < -0.3 is 43.2 Å². The number of aryl methyl sites for hydroxylation is 1. The number of halogens is 7. The van der Waals surface area contributed by atoms with Crippen molar-refractivity contribution in [3.8, 4) is 6.07 Å². The van der Waals surface area contributed by atoms with Crippen molar-refractivity contribution in [2.45, 2.75) is 106 Å². The maximum atomic E-state index is 12.6. The van der Waals surface area contributed by atoms with E-state index in [0.717, 1.165) is 97.4 Å². The van der Waals surface area contributed by atoms with Crippen molar-refractivity contribution in [2.75, 3.05) is 36.1 Å². The van der Waals surface area contributed by atoms with E-state index >= 15 is 0 Å². The number of hydrogen-bond acceptors (Lipinski definition) is 35. The summed E-state index contributed by atoms with van der Waals surface area (Å²) >= 11 is 38.6. The van der Waals surface area contributed by atoms with Crippen LogP contribution in [0.25, 0.3) is 33.1 Å². The Balaban J connectivity index is 0. The van der Waals surface area contributed by atoms with E-state index in [2.05, 4.69) is 122 Å². The Kier molecular flexibility index (Phi) is 72.0. The number of benzene rings is 1. The van der Waals surface area contributed by atoms with Crippen LogP contribution in [0, 0.1) is 49.1 Å². The first kappa shape index (κ1) is 132. The summed E-state index contributed by atoms with van der Waals surface area (Å²) in [5.41, 5.74) is 22.5. The second-order valence-electron chi connectivity index (χ2n) is 26.3. The zero-order chi connectivity index (χ0) is 103. The molecule has 41 nitrogen and oxygen atoms in total. The van der Waals surface area contributed by atoms with Gasteiger partial charge in [-0.2, -0.15) is 69.1 Å². The van der Waals surface area contributed by atoms with Gasteiger partial charge in [0.05, 0.1) is 125 Å². The first-order valence-corrected chi connectivity index (χ1v) is 46.8. The standard InChI is InChI=1S/C19H13Cl2N5O.C16H20N4O2.C14H13ClN4.C12H9ClN4.C9H10N4.C8H14O2.C6H5NO.C4H8N2.4CO2.Ar.Cl3OP.Li.H3N.H2O/c20-13-1-3-14(4-2-13)25-19(27)16-9-23-18-15(17(16)21)10-24-26(18)11-12-5-7-22-8-6-12;1-3-14(16(21)22-4-2)11-18-15-7-10-19-20(15)12-13-5-8-17-9-6-13;1-2-11-7-17-14-12(13(11)15)8-18-19(14)9-10-3-5-16-6-4-10;13-11-3-6-15-12-10(11)7-16-17(12)8-9-1-4-14-5-2-9;10-9-3-6-12-13(9)7-8-1-4-11-5-2-8;1-4-7(5-2)8(9)10-6-3;8-5-6-1-3-7-4-2-6;5-3-1-2-4-6;4*2-1-3;;1-5(2,3)4;;;/h1-10H,11H2,(H,25,27);5-11,18H,3-4,12H2,1-2H3;3-8H,2,9H2,1H3;1-7H,8H2;1-6H,7,10H2;4H,5-6H2,1-3H3;1-5H;1-3,5H2;;;;;;;;1H3;1H2/q;;;;;;;;;;;;;;+1;;/p-1/b;14-11-;;;;7-4+;;;;;;;;;;;. The van der Waals surface area contributed by atoms with E-state index in [1.807, 2.05) is 114 Å². The molecule has 0 aliphatic rings. The average molecular weight is 2130 g/mol. The quantitative estimate of drug-likeness (QED) is 0.00936. The summed E-state index contributed by atoms with van der Waals surface area (Å²) < 4.78 is 28.3. The molecule has 0 aliphatic carbocycles. The molecule has 748 valence electrons. The number of esters is 2. The predicted octanol–water partition coefficient (Wildman–Crippen LogP) is 14.1. The number of aromatic nitrogens is 19. The van der Waals surface area contributed by atoms with E-state index in [-0.39, 0.29) is 116 Å². The van der Waals surface area contributed by atoms with E-state index in [4.69, 9.17) is 111 Å². The molecular formula is C92H96ArCl7LiN25O16P. The average Bonchev–Trinajstić information content (AvgIpc) is 1.67. The fraction of sp³-hybridized carbons (Fsp3) is 0.207. The predicted molar refractivity (Wildman–Crippen MR) is 527 cm³/mol. The fourth-order valence-corrected chi connectivity index (χ4v) is 11.7. The van der Waals surface area contributed by atoms with Crippen molar-refractivity contribution >= 4 is 184 Å². The molecular weight excluding hydrogens is 2040 g/mol. The third-order valence-corrected chi connectivity index (χ3v) is 18.7. The van der Waals surface area contributed by atoms with Crippen LogP contribution >= 0.6 is 85.3 Å². The van der Waals surface area contributed by atoms with E-state index in [0.29, 0.717) is 114 Å². The minimum absolute atomic E-state index is 0. The van der Waals surface area contributed by atoms with Crippen LogP contribution in [0.4, 0.5) is 17.3 Å². The normalized spacial score (nSPS) is 9.69. The molecule has 0 bridgehead atoms. The van der Waals surface area contributed by atoms with Crippen LogP contribution in [0.1, 0.15) is 121 Å².